The standard InChI is InChI=1S/C18H27N3/c1-14(2)18-7-5-17(6-8-18)12-19-11-15(3)13-21-10-9-20-16(21)4/h5-10,14-15,19H,11-13H2,1-4H3. The number of hydrogen-bond donors (Lipinski definition) is 1. The van der Waals surface area contributed by atoms with E-state index in [1.807, 2.05) is 6.20 Å². The van der Waals surface area contributed by atoms with Gasteiger partial charge in [-0.3, -0.25) is 0 Å². The van der Waals surface area contributed by atoms with Gasteiger partial charge in [-0.15, -0.1) is 0 Å². The van der Waals surface area contributed by atoms with Crippen LogP contribution in [0.15, 0.2) is 36.7 Å². The van der Waals surface area contributed by atoms with Crippen LogP contribution in [-0.4, -0.2) is 16.1 Å². The summed E-state index contributed by atoms with van der Waals surface area (Å²) in [6, 6.07) is 8.93. The first-order valence-corrected chi connectivity index (χ1v) is 7.83. The van der Waals surface area contributed by atoms with Crippen LogP contribution < -0.4 is 5.32 Å². The molecule has 2 aromatic rings. The molecule has 0 fully saturated rings. The van der Waals surface area contributed by atoms with Crippen molar-refractivity contribution >= 4 is 0 Å². The van der Waals surface area contributed by atoms with Crippen molar-refractivity contribution in [1.29, 1.82) is 0 Å². The average molecular weight is 285 g/mol. The van der Waals surface area contributed by atoms with Gasteiger partial charge in [-0.05, 0) is 36.4 Å². The minimum absolute atomic E-state index is 0.591. The Bertz CT molecular complexity index is 540. The molecule has 3 nitrogen and oxygen atoms in total. The maximum Gasteiger partial charge on any atom is 0.105 e. The van der Waals surface area contributed by atoms with Gasteiger partial charge < -0.3 is 9.88 Å². The molecule has 2 rings (SSSR count). The Hall–Kier alpha value is -1.61. The van der Waals surface area contributed by atoms with E-state index in [4.69, 9.17) is 0 Å². The minimum atomic E-state index is 0.591. The van der Waals surface area contributed by atoms with Crippen LogP contribution in [0, 0.1) is 12.8 Å². The second-order valence-electron chi connectivity index (χ2n) is 6.26. The van der Waals surface area contributed by atoms with Crippen molar-refractivity contribution in [2.75, 3.05) is 6.54 Å². The number of rotatable bonds is 7. The van der Waals surface area contributed by atoms with Crippen LogP contribution in [0.5, 0.6) is 0 Å². The minimum Gasteiger partial charge on any atom is -0.335 e. The molecule has 0 spiro atoms. The monoisotopic (exact) mass is 285 g/mol. The molecule has 114 valence electrons. The Kier molecular flexibility index (Phi) is 5.57. The lowest BCUT2D eigenvalue weighted by Gasteiger charge is -2.14. The van der Waals surface area contributed by atoms with Crippen molar-refractivity contribution in [3.8, 4) is 0 Å². The van der Waals surface area contributed by atoms with Crippen LogP contribution in [0.1, 0.15) is 43.6 Å². The molecule has 1 heterocycles. The number of nitrogens with one attached hydrogen (secondary N) is 1. The van der Waals surface area contributed by atoms with Crippen molar-refractivity contribution in [2.45, 2.75) is 46.7 Å². The van der Waals surface area contributed by atoms with Crippen LogP contribution in [0.4, 0.5) is 0 Å². The molecular formula is C18H27N3. The molecule has 0 aliphatic carbocycles. The maximum atomic E-state index is 4.26. The highest BCUT2D eigenvalue weighted by Crippen LogP contribution is 2.14. The average Bonchev–Trinajstić information content (AvgIpc) is 2.85. The van der Waals surface area contributed by atoms with Crippen LogP contribution in [0.3, 0.4) is 0 Å². The van der Waals surface area contributed by atoms with Crippen molar-refractivity contribution < 1.29 is 0 Å². The van der Waals surface area contributed by atoms with Gasteiger partial charge in [0, 0.05) is 25.5 Å². The smallest absolute Gasteiger partial charge is 0.105 e. The van der Waals surface area contributed by atoms with Gasteiger partial charge in [0.05, 0.1) is 0 Å². The Morgan fingerprint density at radius 2 is 1.86 bits per heavy atom. The molecule has 1 unspecified atom stereocenters. The van der Waals surface area contributed by atoms with Gasteiger partial charge in [-0.1, -0.05) is 45.0 Å². The third-order valence-corrected chi connectivity index (χ3v) is 3.90. The lowest BCUT2D eigenvalue weighted by atomic mass is 10.0. The maximum absolute atomic E-state index is 4.26. The number of aromatic nitrogens is 2. The third kappa shape index (κ3) is 4.71. The van der Waals surface area contributed by atoms with E-state index in [1.54, 1.807) is 0 Å². The molecular weight excluding hydrogens is 258 g/mol. The van der Waals surface area contributed by atoms with Crippen molar-refractivity contribution in [2.24, 2.45) is 5.92 Å². The summed E-state index contributed by atoms with van der Waals surface area (Å²) in [6.07, 6.45) is 3.92. The van der Waals surface area contributed by atoms with E-state index in [0.29, 0.717) is 11.8 Å². The summed E-state index contributed by atoms with van der Waals surface area (Å²) in [5.74, 6) is 2.28. The SMILES string of the molecule is Cc1nccn1CC(C)CNCc1ccc(C(C)C)cc1. The molecule has 21 heavy (non-hydrogen) atoms. The Morgan fingerprint density at radius 3 is 2.43 bits per heavy atom. The summed E-state index contributed by atoms with van der Waals surface area (Å²) >= 11 is 0. The van der Waals surface area contributed by atoms with Crippen molar-refractivity contribution in [1.82, 2.24) is 14.9 Å². The van der Waals surface area contributed by atoms with Crippen LogP contribution >= 0.6 is 0 Å². The fourth-order valence-electron chi connectivity index (χ4n) is 2.48. The van der Waals surface area contributed by atoms with E-state index in [0.717, 1.165) is 25.5 Å². The van der Waals surface area contributed by atoms with E-state index in [9.17, 15) is 0 Å². The van der Waals surface area contributed by atoms with Crippen molar-refractivity contribution in [3.05, 3.63) is 53.6 Å². The highest BCUT2D eigenvalue weighted by molar-refractivity contribution is 5.24. The van der Waals surface area contributed by atoms with E-state index in [-0.39, 0.29) is 0 Å². The molecule has 0 aliphatic heterocycles. The molecule has 0 saturated heterocycles. The fourth-order valence-corrected chi connectivity index (χ4v) is 2.48. The van der Waals surface area contributed by atoms with Gasteiger partial charge in [0.2, 0.25) is 0 Å². The Labute approximate surface area is 128 Å². The van der Waals surface area contributed by atoms with Gasteiger partial charge in [0.15, 0.2) is 0 Å². The number of nitrogens with zero attached hydrogens (tertiary/aromatic N) is 2. The Morgan fingerprint density at radius 1 is 1.14 bits per heavy atom. The van der Waals surface area contributed by atoms with Crippen LogP contribution in [0.25, 0.3) is 0 Å². The van der Waals surface area contributed by atoms with Gasteiger partial charge in [-0.25, -0.2) is 4.98 Å². The van der Waals surface area contributed by atoms with Crippen molar-refractivity contribution in [3.63, 3.8) is 0 Å². The number of aryl methyl sites for hydroxylation is 1. The molecule has 0 bridgehead atoms. The summed E-state index contributed by atoms with van der Waals surface area (Å²) in [5, 5.41) is 3.55. The summed E-state index contributed by atoms with van der Waals surface area (Å²) in [7, 11) is 0. The molecule has 0 radical (unpaired) electrons. The predicted molar refractivity (Wildman–Crippen MR) is 88.4 cm³/mol. The summed E-state index contributed by atoms with van der Waals surface area (Å²) in [4.78, 5) is 4.26. The molecule has 3 heteroatoms. The number of benzene rings is 1. The normalized spacial score (nSPS) is 12.8. The second-order valence-corrected chi connectivity index (χ2v) is 6.26. The topological polar surface area (TPSA) is 29.9 Å². The molecule has 0 amide bonds. The number of imidazole rings is 1. The fraction of sp³-hybridized carbons (Fsp3) is 0.500. The van der Waals surface area contributed by atoms with Crippen LogP contribution in [-0.2, 0) is 13.1 Å². The lowest BCUT2D eigenvalue weighted by Crippen LogP contribution is -2.24. The molecule has 1 aromatic heterocycles. The zero-order chi connectivity index (χ0) is 15.2. The highest BCUT2D eigenvalue weighted by Gasteiger charge is 2.05. The first-order valence-electron chi connectivity index (χ1n) is 7.83. The first-order chi connectivity index (χ1) is 10.1. The van der Waals surface area contributed by atoms with E-state index in [2.05, 4.69) is 73.0 Å². The third-order valence-electron chi connectivity index (χ3n) is 3.90. The molecule has 0 aliphatic rings. The van der Waals surface area contributed by atoms with E-state index >= 15 is 0 Å². The molecule has 1 atom stereocenters. The van der Waals surface area contributed by atoms with Gasteiger partial charge in [0.1, 0.15) is 5.82 Å². The van der Waals surface area contributed by atoms with E-state index < -0.39 is 0 Å². The quantitative estimate of drug-likeness (QED) is 0.840. The summed E-state index contributed by atoms with van der Waals surface area (Å²) in [5.41, 5.74) is 2.76. The molecule has 1 aromatic carbocycles. The highest BCUT2D eigenvalue weighted by atomic mass is 15.1. The summed E-state index contributed by atoms with van der Waals surface area (Å²) in [6.45, 7) is 11.8. The molecule has 0 saturated carbocycles. The second kappa shape index (κ2) is 7.41. The largest absolute Gasteiger partial charge is 0.335 e. The van der Waals surface area contributed by atoms with Gasteiger partial charge in [-0.2, -0.15) is 0 Å². The lowest BCUT2D eigenvalue weighted by molar-refractivity contribution is 0.440. The van der Waals surface area contributed by atoms with E-state index in [1.165, 1.54) is 11.1 Å². The Balaban J connectivity index is 1.75. The van der Waals surface area contributed by atoms with Gasteiger partial charge >= 0.3 is 0 Å². The predicted octanol–water partition coefficient (Wildman–Crippen LogP) is 3.74. The number of hydrogen-bond acceptors (Lipinski definition) is 2. The zero-order valence-corrected chi connectivity index (χ0v) is 13.6. The molecule has 1 N–H and O–H groups in total. The summed E-state index contributed by atoms with van der Waals surface area (Å²) < 4.78 is 2.21. The zero-order valence-electron chi connectivity index (χ0n) is 13.6. The van der Waals surface area contributed by atoms with Gasteiger partial charge in [0.25, 0.3) is 0 Å². The first kappa shape index (κ1) is 15.8. The van der Waals surface area contributed by atoms with Crippen LogP contribution in [0.2, 0.25) is 0 Å².